The number of benzene rings is 2. The maximum Gasteiger partial charge on any atom is 0.416 e. The van der Waals surface area contributed by atoms with Crippen LogP contribution in [-0.4, -0.2) is 46.6 Å². The number of amides is 1. The van der Waals surface area contributed by atoms with Crippen LogP contribution in [-0.2, 0) is 15.7 Å². The number of esters is 1. The summed E-state index contributed by atoms with van der Waals surface area (Å²) in [5.41, 5.74) is -3.61. The van der Waals surface area contributed by atoms with Crippen LogP contribution in [0.5, 0.6) is 0 Å². The molecule has 0 aromatic heterocycles. The third-order valence-corrected chi connectivity index (χ3v) is 3.99. The predicted octanol–water partition coefficient (Wildman–Crippen LogP) is 2.72. The van der Waals surface area contributed by atoms with E-state index in [2.05, 4.69) is 5.32 Å². The van der Waals surface area contributed by atoms with E-state index in [1.807, 2.05) is 5.32 Å². The molecule has 0 saturated heterocycles. The Kier molecular flexibility index (Phi) is 7.85. The Labute approximate surface area is 182 Å². The summed E-state index contributed by atoms with van der Waals surface area (Å²) < 4.78 is 43.0. The number of non-ortho nitro benzene ring substituents is 1. The number of hydrogen-bond acceptors (Lipinski definition) is 9. The van der Waals surface area contributed by atoms with Gasteiger partial charge in [-0.05, 0) is 18.2 Å². The van der Waals surface area contributed by atoms with Gasteiger partial charge in [0.15, 0.2) is 6.61 Å². The summed E-state index contributed by atoms with van der Waals surface area (Å²) in [6.07, 6.45) is -4.84. The van der Waals surface area contributed by atoms with Crippen molar-refractivity contribution in [3.8, 4) is 0 Å². The van der Waals surface area contributed by atoms with Gasteiger partial charge in [0.2, 0.25) is 0 Å². The molecule has 0 aliphatic carbocycles. The van der Waals surface area contributed by atoms with Crippen LogP contribution in [0.4, 0.5) is 35.9 Å². The van der Waals surface area contributed by atoms with Gasteiger partial charge in [-0.1, -0.05) is 0 Å². The summed E-state index contributed by atoms with van der Waals surface area (Å²) in [6, 6.07) is 4.60. The van der Waals surface area contributed by atoms with Crippen molar-refractivity contribution >= 4 is 34.6 Å². The lowest BCUT2D eigenvalue weighted by molar-refractivity contribution is -0.384. The summed E-state index contributed by atoms with van der Waals surface area (Å²) in [7, 11) is 0. The fourth-order valence-electron chi connectivity index (χ4n) is 2.52. The van der Waals surface area contributed by atoms with Gasteiger partial charge in [-0.25, -0.2) is 4.79 Å². The number of nitro benzene ring substituents is 2. The number of carbonyl (C=O) groups is 2. The molecular formula is C18H15F3N4O8. The van der Waals surface area contributed by atoms with Crippen LogP contribution in [0.3, 0.4) is 0 Å². The summed E-state index contributed by atoms with van der Waals surface area (Å²) >= 11 is 0. The van der Waals surface area contributed by atoms with Crippen molar-refractivity contribution in [2.45, 2.75) is 6.18 Å². The Morgan fingerprint density at radius 1 is 1.03 bits per heavy atom. The largest absolute Gasteiger partial charge is 0.452 e. The number of rotatable bonds is 9. The van der Waals surface area contributed by atoms with Crippen LogP contribution in [0, 0.1) is 20.2 Å². The lowest BCUT2D eigenvalue weighted by Gasteiger charge is -2.12. The summed E-state index contributed by atoms with van der Waals surface area (Å²) in [4.78, 5) is 44.5. The van der Waals surface area contributed by atoms with Crippen LogP contribution < -0.4 is 10.6 Å². The zero-order chi connectivity index (χ0) is 24.8. The number of carbonyl (C=O) groups excluding carboxylic acids is 2. The Morgan fingerprint density at radius 2 is 1.70 bits per heavy atom. The molecule has 0 atom stereocenters. The van der Waals surface area contributed by atoms with Crippen molar-refractivity contribution in [2.24, 2.45) is 0 Å². The number of aliphatic hydroxyl groups is 1. The van der Waals surface area contributed by atoms with Gasteiger partial charge in [0.1, 0.15) is 5.69 Å². The molecule has 0 heterocycles. The first kappa shape index (κ1) is 25.0. The molecule has 0 aliphatic rings. The van der Waals surface area contributed by atoms with Crippen molar-refractivity contribution in [3.63, 3.8) is 0 Å². The molecule has 15 heteroatoms. The van der Waals surface area contributed by atoms with E-state index in [1.54, 1.807) is 0 Å². The quantitative estimate of drug-likeness (QED) is 0.282. The SMILES string of the molecule is O=C(COC(=O)c1cc([N+](=O)[O-])ccc1NCCO)Nc1ccc(C(F)(F)F)cc1[N+](=O)[O-]. The first-order valence-electron chi connectivity index (χ1n) is 8.89. The van der Waals surface area contributed by atoms with Crippen LogP contribution in [0.25, 0.3) is 0 Å². The fraction of sp³-hybridized carbons (Fsp3) is 0.222. The molecule has 33 heavy (non-hydrogen) atoms. The first-order chi connectivity index (χ1) is 15.4. The zero-order valence-electron chi connectivity index (χ0n) is 16.4. The Morgan fingerprint density at radius 3 is 2.27 bits per heavy atom. The molecule has 3 N–H and O–H groups in total. The third kappa shape index (κ3) is 6.60. The van der Waals surface area contributed by atoms with E-state index in [4.69, 9.17) is 9.84 Å². The summed E-state index contributed by atoms with van der Waals surface area (Å²) in [5, 5.41) is 35.5. The lowest BCUT2D eigenvalue weighted by Crippen LogP contribution is -2.22. The summed E-state index contributed by atoms with van der Waals surface area (Å²) in [5.74, 6) is -2.28. The molecule has 12 nitrogen and oxygen atoms in total. The second kappa shape index (κ2) is 10.4. The molecule has 2 aromatic carbocycles. The highest BCUT2D eigenvalue weighted by atomic mass is 19.4. The maximum absolute atomic E-state index is 12.8. The van der Waals surface area contributed by atoms with Gasteiger partial charge in [0, 0.05) is 30.4 Å². The van der Waals surface area contributed by atoms with Crippen molar-refractivity contribution in [2.75, 3.05) is 30.4 Å². The average Bonchev–Trinajstić information content (AvgIpc) is 2.75. The van der Waals surface area contributed by atoms with Crippen LogP contribution >= 0.6 is 0 Å². The molecule has 0 spiro atoms. The molecule has 1 amide bonds. The monoisotopic (exact) mass is 472 g/mol. The Balaban J connectivity index is 2.15. The van der Waals surface area contributed by atoms with E-state index in [-0.39, 0.29) is 30.5 Å². The number of nitrogens with zero attached hydrogens (tertiary/aromatic N) is 2. The minimum atomic E-state index is -4.84. The van der Waals surface area contributed by atoms with Crippen molar-refractivity contribution in [3.05, 3.63) is 67.8 Å². The summed E-state index contributed by atoms with van der Waals surface area (Å²) in [6.45, 7) is -1.32. The van der Waals surface area contributed by atoms with E-state index >= 15 is 0 Å². The number of aliphatic hydroxyl groups excluding tert-OH is 1. The second-order valence-corrected chi connectivity index (χ2v) is 6.25. The zero-order valence-corrected chi connectivity index (χ0v) is 16.4. The van der Waals surface area contributed by atoms with Gasteiger partial charge in [-0.3, -0.25) is 25.0 Å². The normalized spacial score (nSPS) is 10.9. The molecule has 0 saturated carbocycles. The van der Waals surface area contributed by atoms with E-state index < -0.39 is 57.1 Å². The molecular weight excluding hydrogens is 457 g/mol. The van der Waals surface area contributed by atoms with Gasteiger partial charge >= 0.3 is 12.1 Å². The number of nitrogens with one attached hydrogen (secondary N) is 2. The van der Waals surface area contributed by atoms with Gasteiger partial charge in [-0.2, -0.15) is 13.2 Å². The van der Waals surface area contributed by atoms with Crippen molar-refractivity contribution in [1.29, 1.82) is 0 Å². The Hall–Kier alpha value is -4.27. The number of nitro groups is 2. The van der Waals surface area contributed by atoms with Crippen LogP contribution in [0.15, 0.2) is 36.4 Å². The minimum absolute atomic E-state index is 0.00380. The number of ether oxygens (including phenoxy) is 1. The minimum Gasteiger partial charge on any atom is -0.452 e. The molecule has 176 valence electrons. The molecule has 0 bridgehead atoms. The highest BCUT2D eigenvalue weighted by Crippen LogP contribution is 2.35. The Bertz CT molecular complexity index is 1090. The number of anilines is 2. The van der Waals surface area contributed by atoms with E-state index in [0.717, 1.165) is 12.1 Å². The van der Waals surface area contributed by atoms with Gasteiger partial charge < -0.3 is 20.5 Å². The standard InChI is InChI=1S/C18H15F3N4O8/c19-18(20,21)10-1-3-14(15(7-10)25(31)32)23-16(27)9-33-17(28)12-8-11(24(29)30)2-4-13(12)22-5-6-26/h1-4,7-8,22,26H,5-6,9H2,(H,23,27). The third-order valence-electron chi connectivity index (χ3n) is 3.99. The van der Waals surface area contributed by atoms with Crippen molar-refractivity contribution < 1.29 is 42.5 Å². The highest BCUT2D eigenvalue weighted by Gasteiger charge is 2.33. The van der Waals surface area contributed by atoms with Gasteiger partial charge in [0.05, 0.1) is 27.6 Å². The smallest absolute Gasteiger partial charge is 0.416 e. The molecule has 0 radical (unpaired) electrons. The molecule has 2 rings (SSSR count). The second-order valence-electron chi connectivity index (χ2n) is 6.25. The number of alkyl halides is 3. The highest BCUT2D eigenvalue weighted by molar-refractivity contribution is 5.99. The van der Waals surface area contributed by atoms with Crippen molar-refractivity contribution in [1.82, 2.24) is 0 Å². The van der Waals surface area contributed by atoms with Gasteiger partial charge in [0.25, 0.3) is 17.3 Å². The molecule has 0 unspecified atom stereocenters. The lowest BCUT2D eigenvalue weighted by atomic mass is 10.1. The molecule has 2 aromatic rings. The first-order valence-corrected chi connectivity index (χ1v) is 8.89. The molecule has 0 fully saturated rings. The average molecular weight is 472 g/mol. The topological polar surface area (TPSA) is 174 Å². The van der Waals surface area contributed by atoms with Crippen LogP contribution in [0.1, 0.15) is 15.9 Å². The van der Waals surface area contributed by atoms with Gasteiger partial charge in [-0.15, -0.1) is 0 Å². The fourth-order valence-corrected chi connectivity index (χ4v) is 2.52. The maximum atomic E-state index is 12.8. The van der Waals surface area contributed by atoms with E-state index in [9.17, 15) is 43.0 Å². The number of halogens is 3. The predicted molar refractivity (Wildman–Crippen MR) is 106 cm³/mol. The molecule has 0 aliphatic heterocycles. The van der Waals surface area contributed by atoms with E-state index in [1.165, 1.54) is 6.07 Å². The van der Waals surface area contributed by atoms with E-state index in [0.29, 0.717) is 12.1 Å². The number of hydrogen-bond donors (Lipinski definition) is 3. The van der Waals surface area contributed by atoms with Crippen LogP contribution in [0.2, 0.25) is 0 Å².